The van der Waals surface area contributed by atoms with Gasteiger partial charge in [-0.2, -0.15) is 0 Å². The number of benzene rings is 1. The molecule has 0 spiro atoms. The molecule has 1 aliphatic heterocycles. The minimum atomic E-state index is 0.584. The molecular formula is C15H22N2. The van der Waals surface area contributed by atoms with Crippen LogP contribution in [-0.2, 0) is 0 Å². The molecule has 2 aliphatic rings. The number of hydrogen-bond acceptors (Lipinski definition) is 2. The molecule has 1 saturated carbocycles. The van der Waals surface area contributed by atoms with Gasteiger partial charge in [0, 0.05) is 18.6 Å². The summed E-state index contributed by atoms with van der Waals surface area (Å²) in [4.78, 5) is 0. The van der Waals surface area contributed by atoms with Crippen LogP contribution in [0.1, 0.15) is 37.3 Å². The van der Waals surface area contributed by atoms with E-state index in [2.05, 4.69) is 41.0 Å². The lowest BCUT2D eigenvalue weighted by Crippen LogP contribution is -2.45. The fourth-order valence-corrected chi connectivity index (χ4v) is 2.84. The van der Waals surface area contributed by atoms with Gasteiger partial charge in [-0.15, -0.1) is 0 Å². The van der Waals surface area contributed by atoms with Crippen LogP contribution in [-0.4, -0.2) is 19.1 Å². The van der Waals surface area contributed by atoms with Crippen molar-refractivity contribution in [2.75, 3.05) is 13.1 Å². The molecule has 2 atom stereocenters. The lowest BCUT2D eigenvalue weighted by molar-refractivity contribution is 0.336. The maximum atomic E-state index is 3.87. The summed E-state index contributed by atoms with van der Waals surface area (Å²) in [6.45, 7) is 2.33. The van der Waals surface area contributed by atoms with Gasteiger partial charge in [-0.3, -0.25) is 0 Å². The first-order valence-electron chi connectivity index (χ1n) is 6.95. The molecular weight excluding hydrogens is 208 g/mol. The zero-order chi connectivity index (χ0) is 11.5. The molecule has 1 saturated heterocycles. The van der Waals surface area contributed by atoms with Gasteiger partial charge in [0.25, 0.3) is 0 Å². The predicted octanol–water partition coefficient (Wildman–Crippen LogP) is 2.48. The summed E-state index contributed by atoms with van der Waals surface area (Å²) in [7, 11) is 0. The average Bonchev–Trinajstić information content (AvgIpc) is 3.23. The van der Waals surface area contributed by atoms with Crippen molar-refractivity contribution in [3.63, 3.8) is 0 Å². The molecule has 1 heterocycles. The van der Waals surface area contributed by atoms with Crippen molar-refractivity contribution in [2.24, 2.45) is 5.92 Å². The molecule has 0 bridgehead atoms. The predicted molar refractivity (Wildman–Crippen MR) is 70.9 cm³/mol. The molecule has 2 fully saturated rings. The summed E-state index contributed by atoms with van der Waals surface area (Å²) in [5, 5.41) is 7.36. The first kappa shape index (κ1) is 11.2. The molecule has 0 radical (unpaired) electrons. The largest absolute Gasteiger partial charge is 0.315 e. The second-order valence-electron chi connectivity index (χ2n) is 5.44. The van der Waals surface area contributed by atoms with E-state index in [1.807, 2.05) is 0 Å². The molecule has 17 heavy (non-hydrogen) atoms. The highest BCUT2D eigenvalue weighted by molar-refractivity contribution is 5.21. The highest BCUT2D eigenvalue weighted by atomic mass is 15.0. The van der Waals surface area contributed by atoms with Gasteiger partial charge in [0.1, 0.15) is 0 Å². The van der Waals surface area contributed by atoms with Gasteiger partial charge in [-0.25, -0.2) is 0 Å². The summed E-state index contributed by atoms with van der Waals surface area (Å²) in [6.07, 6.45) is 5.42. The van der Waals surface area contributed by atoms with Crippen LogP contribution in [0.2, 0.25) is 0 Å². The zero-order valence-electron chi connectivity index (χ0n) is 10.4. The monoisotopic (exact) mass is 230 g/mol. The number of hydrogen-bond donors (Lipinski definition) is 2. The first-order chi connectivity index (χ1) is 8.43. The Morgan fingerprint density at radius 2 is 1.94 bits per heavy atom. The molecule has 1 aromatic rings. The molecule has 0 amide bonds. The third-order valence-electron chi connectivity index (χ3n) is 3.96. The maximum absolute atomic E-state index is 3.87. The van der Waals surface area contributed by atoms with E-state index in [-0.39, 0.29) is 0 Å². The number of rotatable bonds is 4. The number of piperidine rings is 1. The van der Waals surface area contributed by atoms with Crippen LogP contribution in [0.15, 0.2) is 30.3 Å². The van der Waals surface area contributed by atoms with Crippen molar-refractivity contribution in [1.82, 2.24) is 10.6 Å². The van der Waals surface area contributed by atoms with Gasteiger partial charge in [-0.05, 0) is 43.7 Å². The van der Waals surface area contributed by atoms with Crippen LogP contribution in [0, 0.1) is 5.92 Å². The Hall–Kier alpha value is -0.860. The lowest BCUT2D eigenvalue weighted by atomic mass is 9.99. The van der Waals surface area contributed by atoms with Gasteiger partial charge in [0.05, 0.1) is 0 Å². The molecule has 1 aliphatic carbocycles. The second kappa shape index (κ2) is 5.19. The standard InChI is InChI=1S/C15H22N2/c1-2-5-12(6-3-1)15(13-8-9-13)17-14-7-4-10-16-11-14/h1-3,5-6,13-17H,4,7-11H2. The first-order valence-corrected chi connectivity index (χ1v) is 6.95. The van der Waals surface area contributed by atoms with E-state index >= 15 is 0 Å². The molecule has 0 aromatic heterocycles. The van der Waals surface area contributed by atoms with Crippen molar-refractivity contribution in [2.45, 2.75) is 37.8 Å². The molecule has 92 valence electrons. The molecule has 3 rings (SSSR count). The molecule has 2 unspecified atom stereocenters. The molecule has 2 nitrogen and oxygen atoms in total. The van der Waals surface area contributed by atoms with Crippen LogP contribution >= 0.6 is 0 Å². The van der Waals surface area contributed by atoms with E-state index in [1.54, 1.807) is 0 Å². The third kappa shape index (κ3) is 2.88. The highest BCUT2D eigenvalue weighted by Crippen LogP contribution is 2.41. The van der Waals surface area contributed by atoms with Gasteiger partial charge >= 0.3 is 0 Å². The van der Waals surface area contributed by atoms with Gasteiger partial charge in [0.2, 0.25) is 0 Å². The van der Waals surface area contributed by atoms with E-state index in [9.17, 15) is 0 Å². The summed E-state index contributed by atoms with van der Waals surface area (Å²) < 4.78 is 0. The van der Waals surface area contributed by atoms with Crippen LogP contribution in [0.3, 0.4) is 0 Å². The molecule has 1 aromatic carbocycles. The Labute approximate surface area is 104 Å². The van der Waals surface area contributed by atoms with Crippen LogP contribution in [0.25, 0.3) is 0 Å². The fraction of sp³-hybridized carbons (Fsp3) is 0.600. The van der Waals surface area contributed by atoms with Crippen molar-refractivity contribution in [1.29, 1.82) is 0 Å². The normalized spacial score (nSPS) is 26.7. The highest BCUT2D eigenvalue weighted by Gasteiger charge is 2.33. The summed E-state index contributed by atoms with van der Waals surface area (Å²) in [5.74, 6) is 0.874. The Morgan fingerprint density at radius 1 is 1.12 bits per heavy atom. The van der Waals surface area contributed by atoms with Crippen LogP contribution in [0.4, 0.5) is 0 Å². The van der Waals surface area contributed by atoms with Crippen LogP contribution in [0.5, 0.6) is 0 Å². The smallest absolute Gasteiger partial charge is 0.0351 e. The van der Waals surface area contributed by atoms with Gasteiger partial charge in [-0.1, -0.05) is 30.3 Å². The minimum absolute atomic E-state index is 0.584. The van der Waals surface area contributed by atoms with E-state index < -0.39 is 0 Å². The summed E-state index contributed by atoms with van der Waals surface area (Å²) in [5.41, 5.74) is 1.47. The van der Waals surface area contributed by atoms with Gasteiger partial charge < -0.3 is 10.6 Å². The minimum Gasteiger partial charge on any atom is -0.315 e. The quantitative estimate of drug-likeness (QED) is 0.830. The van der Waals surface area contributed by atoms with Crippen molar-refractivity contribution in [3.8, 4) is 0 Å². The van der Waals surface area contributed by atoms with E-state index in [0.717, 1.165) is 12.5 Å². The Kier molecular flexibility index (Phi) is 3.44. The average molecular weight is 230 g/mol. The zero-order valence-corrected chi connectivity index (χ0v) is 10.4. The second-order valence-corrected chi connectivity index (χ2v) is 5.44. The Morgan fingerprint density at radius 3 is 2.59 bits per heavy atom. The Balaban J connectivity index is 1.67. The summed E-state index contributed by atoms with van der Waals surface area (Å²) >= 11 is 0. The summed E-state index contributed by atoms with van der Waals surface area (Å²) in [6, 6.07) is 12.2. The van der Waals surface area contributed by atoms with Gasteiger partial charge in [0.15, 0.2) is 0 Å². The fourth-order valence-electron chi connectivity index (χ4n) is 2.84. The van der Waals surface area contributed by atoms with Crippen molar-refractivity contribution in [3.05, 3.63) is 35.9 Å². The topological polar surface area (TPSA) is 24.1 Å². The Bertz CT molecular complexity index is 339. The third-order valence-corrected chi connectivity index (χ3v) is 3.96. The number of nitrogens with one attached hydrogen (secondary N) is 2. The molecule has 2 N–H and O–H groups in total. The maximum Gasteiger partial charge on any atom is 0.0351 e. The van der Waals surface area contributed by atoms with Crippen molar-refractivity contribution < 1.29 is 0 Å². The van der Waals surface area contributed by atoms with Crippen molar-refractivity contribution >= 4 is 0 Å². The van der Waals surface area contributed by atoms with E-state index in [1.165, 1.54) is 37.8 Å². The van der Waals surface area contributed by atoms with E-state index in [4.69, 9.17) is 0 Å². The molecule has 2 heteroatoms. The van der Waals surface area contributed by atoms with Crippen LogP contribution < -0.4 is 10.6 Å². The van der Waals surface area contributed by atoms with E-state index in [0.29, 0.717) is 12.1 Å². The SMILES string of the molecule is c1ccc(C(NC2CCCNC2)C2CC2)cc1. The lowest BCUT2D eigenvalue weighted by Gasteiger charge is -2.29.